The Morgan fingerprint density at radius 3 is 1.92 bits per heavy atom. The highest BCUT2D eigenvalue weighted by Gasteiger charge is 2.15. The Labute approximate surface area is 80.9 Å². The molecule has 66 valence electrons. The maximum Gasteiger partial charge on any atom is 0.134 e. The van der Waals surface area contributed by atoms with Crippen LogP contribution in [0, 0.1) is 17.5 Å². The van der Waals surface area contributed by atoms with E-state index in [1.807, 2.05) is 0 Å². The summed E-state index contributed by atoms with van der Waals surface area (Å²) in [5.41, 5.74) is 4.96. The first kappa shape index (κ1) is 9.79. The third kappa shape index (κ3) is 1.89. The summed E-state index contributed by atoms with van der Waals surface area (Å²) in [5, 5.41) is 0. The van der Waals surface area contributed by atoms with Gasteiger partial charge in [0.1, 0.15) is 17.5 Å². The highest BCUT2D eigenvalue weighted by Crippen LogP contribution is 2.24. The molecule has 0 aliphatic carbocycles. The Balaban J connectivity index is 3.28. The average Bonchev–Trinajstić information content (AvgIpc) is 1.82. The van der Waals surface area contributed by atoms with Crippen molar-refractivity contribution >= 4 is 22.6 Å². The molecule has 1 aromatic rings. The zero-order valence-electron chi connectivity index (χ0n) is 5.82. The molecule has 0 aliphatic heterocycles. The Morgan fingerprint density at radius 1 is 1.17 bits per heavy atom. The van der Waals surface area contributed by atoms with Crippen molar-refractivity contribution in [3.63, 3.8) is 0 Å². The predicted octanol–water partition coefficient (Wildman–Crippen LogP) is 2.50. The second-order valence-corrected chi connectivity index (χ2v) is 3.53. The van der Waals surface area contributed by atoms with Gasteiger partial charge in [-0.25, -0.2) is 13.2 Å². The van der Waals surface area contributed by atoms with Crippen molar-refractivity contribution in [3.05, 3.63) is 35.1 Å². The molecule has 0 aliphatic rings. The molecule has 1 unspecified atom stereocenters. The molecule has 1 aromatic carbocycles. The Hall–Kier alpha value is -0.300. The van der Waals surface area contributed by atoms with Crippen LogP contribution in [0.2, 0.25) is 0 Å². The monoisotopic (exact) mass is 287 g/mol. The smallest absolute Gasteiger partial charge is 0.134 e. The van der Waals surface area contributed by atoms with Gasteiger partial charge < -0.3 is 5.73 Å². The van der Waals surface area contributed by atoms with Gasteiger partial charge in [-0.15, -0.1) is 0 Å². The van der Waals surface area contributed by atoms with Gasteiger partial charge in [-0.05, 0) is 0 Å². The molecular formula is C7H5F3IN. The van der Waals surface area contributed by atoms with Crippen molar-refractivity contribution in [1.29, 1.82) is 0 Å². The van der Waals surface area contributed by atoms with Crippen molar-refractivity contribution in [2.24, 2.45) is 5.73 Å². The Kier molecular flexibility index (Phi) is 2.94. The van der Waals surface area contributed by atoms with Crippen LogP contribution in [0.4, 0.5) is 13.2 Å². The van der Waals surface area contributed by atoms with E-state index in [-0.39, 0.29) is 5.56 Å². The van der Waals surface area contributed by atoms with Gasteiger partial charge in [0.15, 0.2) is 0 Å². The summed E-state index contributed by atoms with van der Waals surface area (Å²) in [4.78, 5) is 0. The molecule has 0 spiro atoms. The Morgan fingerprint density at radius 2 is 1.58 bits per heavy atom. The van der Waals surface area contributed by atoms with Crippen LogP contribution in [0.15, 0.2) is 12.1 Å². The predicted molar refractivity (Wildman–Crippen MR) is 47.3 cm³/mol. The minimum Gasteiger partial charge on any atom is -0.316 e. The molecule has 0 amide bonds. The lowest BCUT2D eigenvalue weighted by molar-refractivity contribution is 0.525. The normalized spacial score (nSPS) is 13.1. The van der Waals surface area contributed by atoms with Crippen LogP contribution in [-0.2, 0) is 0 Å². The lowest BCUT2D eigenvalue weighted by Crippen LogP contribution is -2.07. The van der Waals surface area contributed by atoms with E-state index < -0.39 is 21.5 Å². The minimum absolute atomic E-state index is 0.294. The molecule has 2 N–H and O–H groups in total. The number of nitrogens with two attached hydrogens (primary N) is 1. The van der Waals surface area contributed by atoms with E-state index in [1.165, 1.54) is 0 Å². The van der Waals surface area contributed by atoms with E-state index in [4.69, 9.17) is 5.73 Å². The third-order valence-electron chi connectivity index (χ3n) is 1.32. The molecule has 0 saturated carbocycles. The van der Waals surface area contributed by atoms with E-state index in [2.05, 4.69) is 0 Å². The highest BCUT2D eigenvalue weighted by molar-refractivity contribution is 14.1. The zero-order valence-corrected chi connectivity index (χ0v) is 7.98. The van der Waals surface area contributed by atoms with Crippen molar-refractivity contribution in [1.82, 2.24) is 0 Å². The van der Waals surface area contributed by atoms with Crippen molar-refractivity contribution in [2.75, 3.05) is 0 Å². The molecule has 12 heavy (non-hydrogen) atoms. The van der Waals surface area contributed by atoms with Crippen LogP contribution in [0.1, 0.15) is 9.61 Å². The minimum atomic E-state index is -0.950. The summed E-state index contributed by atoms with van der Waals surface area (Å²) in [5.74, 6) is -2.84. The number of rotatable bonds is 1. The lowest BCUT2D eigenvalue weighted by Gasteiger charge is -2.06. The first-order chi connectivity index (χ1) is 5.52. The molecule has 5 heteroatoms. The van der Waals surface area contributed by atoms with Gasteiger partial charge in [0.25, 0.3) is 0 Å². The van der Waals surface area contributed by atoms with E-state index in [1.54, 1.807) is 22.6 Å². The molecule has 0 fully saturated rings. The summed E-state index contributed by atoms with van der Waals surface area (Å²) in [6.45, 7) is 0. The Bertz CT molecular complexity index is 278. The van der Waals surface area contributed by atoms with Crippen molar-refractivity contribution in [2.45, 2.75) is 4.05 Å². The first-order valence-corrected chi connectivity index (χ1v) is 4.31. The van der Waals surface area contributed by atoms with E-state index in [0.29, 0.717) is 12.1 Å². The summed E-state index contributed by atoms with van der Waals surface area (Å²) in [6, 6.07) is 1.22. The number of benzene rings is 1. The second-order valence-electron chi connectivity index (χ2n) is 2.18. The van der Waals surface area contributed by atoms with Gasteiger partial charge in [0.05, 0.1) is 9.61 Å². The van der Waals surface area contributed by atoms with Crippen LogP contribution in [0.5, 0.6) is 0 Å². The molecule has 0 heterocycles. The quantitative estimate of drug-likeness (QED) is 0.479. The molecule has 0 bridgehead atoms. The van der Waals surface area contributed by atoms with Crippen molar-refractivity contribution < 1.29 is 13.2 Å². The second kappa shape index (κ2) is 3.61. The summed E-state index contributed by atoms with van der Waals surface area (Å²) >= 11 is 1.65. The summed E-state index contributed by atoms with van der Waals surface area (Å²) < 4.78 is 37.1. The average molecular weight is 287 g/mol. The van der Waals surface area contributed by atoms with Crippen LogP contribution in [0.3, 0.4) is 0 Å². The number of alkyl halides is 1. The highest BCUT2D eigenvalue weighted by atomic mass is 127. The maximum atomic E-state index is 12.8. The molecule has 1 atom stereocenters. The van der Waals surface area contributed by atoms with Crippen LogP contribution in [-0.4, -0.2) is 0 Å². The fraction of sp³-hybridized carbons (Fsp3) is 0.143. The zero-order chi connectivity index (χ0) is 9.30. The van der Waals surface area contributed by atoms with Gasteiger partial charge in [0, 0.05) is 12.1 Å². The molecule has 0 radical (unpaired) electrons. The summed E-state index contributed by atoms with van der Waals surface area (Å²) in [6.07, 6.45) is 0. The SMILES string of the molecule is NC(I)c1c(F)cc(F)cc1F. The standard InChI is InChI=1S/C7H5F3IN/c8-3-1-4(9)6(7(11)12)5(10)2-3/h1-2,7H,12H2. The topological polar surface area (TPSA) is 26.0 Å². The number of hydrogen-bond acceptors (Lipinski definition) is 1. The van der Waals surface area contributed by atoms with Crippen molar-refractivity contribution in [3.8, 4) is 0 Å². The maximum absolute atomic E-state index is 12.8. The fourth-order valence-corrected chi connectivity index (χ4v) is 1.41. The van der Waals surface area contributed by atoms with Gasteiger partial charge in [-0.1, -0.05) is 22.6 Å². The van der Waals surface area contributed by atoms with Gasteiger partial charge >= 0.3 is 0 Å². The van der Waals surface area contributed by atoms with Gasteiger partial charge in [-0.2, -0.15) is 0 Å². The van der Waals surface area contributed by atoms with Gasteiger partial charge in [-0.3, -0.25) is 0 Å². The molecule has 1 nitrogen and oxygen atoms in total. The number of hydrogen-bond donors (Lipinski definition) is 1. The number of halogens is 4. The largest absolute Gasteiger partial charge is 0.316 e. The molecule has 0 saturated heterocycles. The van der Waals surface area contributed by atoms with Crippen LogP contribution >= 0.6 is 22.6 Å². The molecule has 1 rings (SSSR count). The van der Waals surface area contributed by atoms with Gasteiger partial charge in [0.2, 0.25) is 0 Å². The molecule has 0 aromatic heterocycles. The third-order valence-corrected chi connectivity index (χ3v) is 1.94. The van der Waals surface area contributed by atoms with E-state index >= 15 is 0 Å². The first-order valence-electron chi connectivity index (χ1n) is 3.06. The molecular weight excluding hydrogens is 282 g/mol. The van der Waals surface area contributed by atoms with E-state index in [9.17, 15) is 13.2 Å². The lowest BCUT2D eigenvalue weighted by atomic mass is 10.2. The van der Waals surface area contributed by atoms with Crippen LogP contribution in [0.25, 0.3) is 0 Å². The van der Waals surface area contributed by atoms with E-state index in [0.717, 1.165) is 0 Å². The summed E-state index contributed by atoms with van der Waals surface area (Å²) in [7, 11) is 0. The fourth-order valence-electron chi connectivity index (χ4n) is 0.817. The van der Waals surface area contributed by atoms with Crippen LogP contribution < -0.4 is 5.73 Å².